The van der Waals surface area contributed by atoms with Gasteiger partial charge >= 0.3 is 6.18 Å². The van der Waals surface area contributed by atoms with E-state index in [9.17, 15) is 18.0 Å². The van der Waals surface area contributed by atoms with E-state index in [0.29, 0.717) is 11.3 Å². The van der Waals surface area contributed by atoms with Gasteiger partial charge in [0, 0.05) is 5.56 Å². The van der Waals surface area contributed by atoms with Gasteiger partial charge in [-0.3, -0.25) is 4.79 Å². The molecule has 0 saturated heterocycles. The molecule has 2 aromatic carbocycles. The summed E-state index contributed by atoms with van der Waals surface area (Å²) in [5.74, 6) is -0.454. The Morgan fingerprint density at radius 3 is 2.55 bits per heavy atom. The number of anilines is 1. The lowest BCUT2D eigenvalue weighted by molar-refractivity contribution is -0.137. The molecule has 0 bridgehead atoms. The maximum Gasteiger partial charge on any atom is 0.417 e. The molecular formula is C15H8ClF3N2O. The van der Waals surface area contributed by atoms with Gasteiger partial charge in [0.15, 0.2) is 0 Å². The molecule has 22 heavy (non-hydrogen) atoms. The van der Waals surface area contributed by atoms with Crippen LogP contribution in [0.3, 0.4) is 0 Å². The van der Waals surface area contributed by atoms with Crippen LogP contribution in [0.5, 0.6) is 0 Å². The van der Waals surface area contributed by atoms with Crippen LogP contribution in [0.2, 0.25) is 5.02 Å². The smallest absolute Gasteiger partial charge is 0.320 e. The van der Waals surface area contributed by atoms with Crippen LogP contribution in [0.25, 0.3) is 0 Å². The number of carbonyl (C=O) groups is 1. The number of hydrogen-bond donors (Lipinski definition) is 1. The lowest BCUT2D eigenvalue weighted by Gasteiger charge is -2.09. The third kappa shape index (κ3) is 2.57. The lowest BCUT2D eigenvalue weighted by atomic mass is 10.1. The van der Waals surface area contributed by atoms with Crippen molar-refractivity contribution in [2.45, 2.75) is 6.18 Å². The number of aliphatic imine (C=N–C) groups is 1. The van der Waals surface area contributed by atoms with Crippen LogP contribution in [0.4, 0.5) is 24.5 Å². The van der Waals surface area contributed by atoms with Gasteiger partial charge in [-0.15, -0.1) is 0 Å². The summed E-state index contributed by atoms with van der Waals surface area (Å²) in [6.45, 7) is 0. The number of hydrogen-bond acceptors (Lipinski definition) is 2. The van der Waals surface area contributed by atoms with Gasteiger partial charge in [-0.25, -0.2) is 4.99 Å². The van der Waals surface area contributed by atoms with Gasteiger partial charge < -0.3 is 5.32 Å². The molecule has 0 atom stereocenters. The quantitative estimate of drug-likeness (QED) is 0.828. The number of carbonyl (C=O) groups excluding carboxylic acids is 1. The maximum absolute atomic E-state index is 12.8. The van der Waals surface area contributed by atoms with Gasteiger partial charge in [0.05, 0.1) is 22.0 Å². The number of fused-ring (bicyclic) bond motifs is 1. The van der Waals surface area contributed by atoms with Gasteiger partial charge in [-0.1, -0.05) is 29.8 Å². The van der Waals surface area contributed by atoms with Crippen LogP contribution in [-0.4, -0.2) is 11.6 Å². The highest BCUT2D eigenvalue weighted by molar-refractivity contribution is 6.54. The molecule has 1 N–H and O–H groups in total. The van der Waals surface area contributed by atoms with Crippen LogP contribution in [0.15, 0.2) is 47.5 Å². The van der Waals surface area contributed by atoms with Crippen LogP contribution < -0.4 is 5.32 Å². The number of amides is 1. The predicted molar refractivity (Wildman–Crippen MR) is 77.7 cm³/mol. The highest BCUT2D eigenvalue weighted by atomic mass is 35.5. The molecule has 3 nitrogen and oxygen atoms in total. The zero-order valence-electron chi connectivity index (χ0n) is 10.9. The number of nitrogens with one attached hydrogen (secondary N) is 1. The Morgan fingerprint density at radius 2 is 1.82 bits per heavy atom. The minimum absolute atomic E-state index is 0.0126. The highest BCUT2D eigenvalue weighted by Crippen LogP contribution is 2.37. The Hall–Kier alpha value is -2.34. The van der Waals surface area contributed by atoms with E-state index in [-0.39, 0.29) is 11.4 Å². The zero-order valence-corrected chi connectivity index (χ0v) is 11.7. The monoisotopic (exact) mass is 324 g/mol. The summed E-state index contributed by atoms with van der Waals surface area (Å²) >= 11 is 5.56. The zero-order chi connectivity index (χ0) is 15.9. The third-order valence-corrected chi connectivity index (χ3v) is 3.47. The van der Waals surface area contributed by atoms with Crippen LogP contribution in [0, 0.1) is 0 Å². The number of rotatable bonds is 1. The third-order valence-electron chi connectivity index (χ3n) is 3.14. The minimum atomic E-state index is -4.58. The van der Waals surface area contributed by atoms with Crippen molar-refractivity contribution in [1.29, 1.82) is 0 Å². The second kappa shape index (κ2) is 5.14. The van der Waals surface area contributed by atoms with Gasteiger partial charge in [-0.05, 0) is 24.3 Å². The molecule has 1 aliphatic heterocycles. The van der Waals surface area contributed by atoms with E-state index in [4.69, 9.17) is 11.6 Å². The lowest BCUT2D eigenvalue weighted by Crippen LogP contribution is -2.14. The Kier molecular flexibility index (Phi) is 3.41. The van der Waals surface area contributed by atoms with Crippen LogP contribution in [0.1, 0.15) is 11.1 Å². The fourth-order valence-electron chi connectivity index (χ4n) is 2.14. The van der Waals surface area contributed by atoms with Crippen LogP contribution >= 0.6 is 11.6 Å². The number of alkyl halides is 3. The molecule has 0 aliphatic carbocycles. The Labute approximate surface area is 128 Å². The second-order valence-corrected chi connectivity index (χ2v) is 5.03. The average molecular weight is 325 g/mol. The van der Waals surface area contributed by atoms with Crippen molar-refractivity contribution in [1.82, 2.24) is 0 Å². The normalized spacial score (nSPS) is 15.8. The second-order valence-electron chi connectivity index (χ2n) is 4.62. The van der Waals surface area contributed by atoms with Crippen molar-refractivity contribution < 1.29 is 18.0 Å². The summed E-state index contributed by atoms with van der Waals surface area (Å²) in [7, 11) is 0. The first-order chi connectivity index (χ1) is 10.4. The topological polar surface area (TPSA) is 41.5 Å². The molecule has 1 amide bonds. The van der Waals surface area contributed by atoms with Gasteiger partial charge in [0.25, 0.3) is 5.91 Å². The molecule has 0 fully saturated rings. The molecule has 1 aliphatic rings. The van der Waals surface area contributed by atoms with E-state index in [1.165, 1.54) is 6.07 Å². The summed E-state index contributed by atoms with van der Waals surface area (Å²) in [6.07, 6.45) is -4.58. The molecular weight excluding hydrogens is 317 g/mol. The molecule has 1 heterocycles. The summed E-state index contributed by atoms with van der Waals surface area (Å²) in [6, 6.07) is 10.1. The van der Waals surface area contributed by atoms with Crippen molar-refractivity contribution in [3.05, 3.63) is 58.6 Å². The largest absolute Gasteiger partial charge is 0.417 e. The fourth-order valence-corrected chi connectivity index (χ4v) is 2.37. The molecule has 112 valence electrons. The van der Waals surface area contributed by atoms with E-state index in [1.807, 2.05) is 0 Å². The molecule has 2 aromatic rings. The van der Waals surface area contributed by atoms with Crippen molar-refractivity contribution >= 4 is 34.6 Å². The van der Waals surface area contributed by atoms with E-state index in [1.54, 1.807) is 24.3 Å². The molecule has 0 aromatic heterocycles. The SMILES string of the molecule is O=C1Nc2ccccc2C1=Nc1ccc(Cl)c(C(F)(F)F)c1. The minimum Gasteiger partial charge on any atom is -0.320 e. The Bertz CT molecular complexity index is 800. The van der Waals surface area contributed by atoms with E-state index < -0.39 is 22.7 Å². The summed E-state index contributed by atoms with van der Waals surface area (Å²) in [5.41, 5.74) is 0.236. The van der Waals surface area contributed by atoms with E-state index in [2.05, 4.69) is 10.3 Å². The van der Waals surface area contributed by atoms with Crippen molar-refractivity contribution in [2.75, 3.05) is 5.32 Å². The number of nitrogens with zero attached hydrogens (tertiary/aromatic N) is 1. The number of halogens is 4. The van der Waals surface area contributed by atoms with Crippen molar-refractivity contribution in [2.24, 2.45) is 4.99 Å². The predicted octanol–water partition coefficient (Wildman–Crippen LogP) is 4.43. The van der Waals surface area contributed by atoms with Crippen molar-refractivity contribution in [3.8, 4) is 0 Å². The number of para-hydroxylation sites is 1. The summed E-state index contributed by atoms with van der Waals surface area (Å²) < 4.78 is 38.5. The first kappa shape index (κ1) is 14.6. The van der Waals surface area contributed by atoms with Gasteiger partial charge in [0.2, 0.25) is 0 Å². The van der Waals surface area contributed by atoms with E-state index in [0.717, 1.165) is 12.1 Å². The first-order valence-electron chi connectivity index (χ1n) is 6.22. The summed E-state index contributed by atoms with van der Waals surface area (Å²) in [4.78, 5) is 15.9. The highest BCUT2D eigenvalue weighted by Gasteiger charge is 2.33. The molecule has 7 heteroatoms. The molecule has 0 unspecified atom stereocenters. The molecule has 0 saturated carbocycles. The molecule has 3 rings (SSSR count). The van der Waals surface area contributed by atoms with Gasteiger partial charge in [-0.2, -0.15) is 13.2 Å². The van der Waals surface area contributed by atoms with E-state index >= 15 is 0 Å². The van der Waals surface area contributed by atoms with Crippen molar-refractivity contribution in [3.63, 3.8) is 0 Å². The molecule has 0 spiro atoms. The molecule has 0 radical (unpaired) electrons. The average Bonchev–Trinajstić information content (AvgIpc) is 2.76. The fraction of sp³-hybridized carbons (Fsp3) is 0.0667. The standard InChI is InChI=1S/C15H8ClF3N2O/c16-11-6-5-8(7-10(11)15(17,18)19)20-13-9-3-1-2-4-12(9)21-14(13)22/h1-7H,(H,20,21,22). The van der Waals surface area contributed by atoms with Crippen LogP contribution in [-0.2, 0) is 11.0 Å². The summed E-state index contributed by atoms with van der Waals surface area (Å²) in [5, 5.41) is 2.20. The first-order valence-corrected chi connectivity index (χ1v) is 6.60. The van der Waals surface area contributed by atoms with Gasteiger partial charge in [0.1, 0.15) is 5.71 Å². The Morgan fingerprint density at radius 1 is 1.09 bits per heavy atom. The number of benzene rings is 2. The Balaban J connectivity index is 2.08. The maximum atomic E-state index is 12.8.